The molecule has 0 aromatic heterocycles. The molecule has 18 heavy (non-hydrogen) atoms. The Bertz CT molecular complexity index is 614. The van der Waals surface area contributed by atoms with Crippen LogP contribution in [0.15, 0.2) is 65.6 Å². The summed E-state index contributed by atoms with van der Waals surface area (Å²) in [4.78, 5) is 13.6. The zero-order valence-electron chi connectivity index (χ0n) is 9.80. The molecule has 1 heterocycles. The first-order valence-corrected chi connectivity index (χ1v) is 6.87. The molecule has 1 aliphatic heterocycles. The predicted octanol–water partition coefficient (Wildman–Crippen LogP) is 4.06. The van der Waals surface area contributed by atoms with Gasteiger partial charge in [0.05, 0.1) is 0 Å². The summed E-state index contributed by atoms with van der Waals surface area (Å²) in [5.41, 5.74) is 2.63. The third-order valence-corrected chi connectivity index (χ3v) is 3.99. The molecule has 2 aromatic carbocycles. The molecule has 0 saturated heterocycles. The summed E-state index contributed by atoms with van der Waals surface area (Å²) in [5.74, 6) is 0.967. The third-order valence-electron chi connectivity index (χ3n) is 2.99. The summed E-state index contributed by atoms with van der Waals surface area (Å²) in [6.45, 7) is 0. The van der Waals surface area contributed by atoms with Crippen LogP contribution in [0.4, 0.5) is 0 Å². The van der Waals surface area contributed by atoms with Gasteiger partial charge >= 0.3 is 0 Å². The van der Waals surface area contributed by atoms with Crippen LogP contribution in [0.5, 0.6) is 0 Å². The molecule has 1 nitrogen and oxygen atoms in total. The highest BCUT2D eigenvalue weighted by molar-refractivity contribution is 7.99. The highest BCUT2D eigenvalue weighted by Crippen LogP contribution is 2.31. The van der Waals surface area contributed by atoms with Crippen LogP contribution in [-0.2, 0) is 0 Å². The smallest absolute Gasteiger partial charge is 0.194 e. The first-order chi connectivity index (χ1) is 8.86. The lowest BCUT2D eigenvalue weighted by atomic mass is 9.97. The van der Waals surface area contributed by atoms with E-state index >= 15 is 0 Å². The Balaban J connectivity index is 2.09. The summed E-state index contributed by atoms with van der Waals surface area (Å²) >= 11 is 1.71. The van der Waals surface area contributed by atoms with Gasteiger partial charge in [-0.25, -0.2) is 0 Å². The average Bonchev–Trinajstić information content (AvgIpc) is 2.60. The van der Waals surface area contributed by atoms with E-state index in [-0.39, 0.29) is 5.78 Å². The van der Waals surface area contributed by atoms with Gasteiger partial charge in [0.1, 0.15) is 0 Å². The molecule has 0 amide bonds. The number of hydrogen-bond donors (Lipinski definition) is 0. The van der Waals surface area contributed by atoms with Gasteiger partial charge in [-0.15, -0.1) is 11.8 Å². The van der Waals surface area contributed by atoms with Crippen LogP contribution in [0.1, 0.15) is 15.9 Å². The van der Waals surface area contributed by atoms with Crippen molar-refractivity contribution < 1.29 is 4.79 Å². The number of rotatable bonds is 1. The summed E-state index contributed by atoms with van der Waals surface area (Å²) < 4.78 is 0. The number of ketones is 1. The second-order valence-corrected chi connectivity index (χ2v) is 5.18. The van der Waals surface area contributed by atoms with Gasteiger partial charge in [0, 0.05) is 21.8 Å². The van der Waals surface area contributed by atoms with Crippen molar-refractivity contribution in [3.8, 4) is 0 Å². The Labute approximate surface area is 111 Å². The number of allylic oxidation sites excluding steroid dienone is 1. The van der Waals surface area contributed by atoms with E-state index < -0.39 is 0 Å². The Morgan fingerprint density at radius 2 is 1.61 bits per heavy atom. The molecule has 1 aliphatic rings. The number of thioether (sulfide) groups is 1. The Morgan fingerprint density at radius 3 is 2.44 bits per heavy atom. The molecule has 2 heteroatoms. The lowest BCUT2D eigenvalue weighted by Gasteiger charge is -2.06. The summed E-state index contributed by atoms with van der Waals surface area (Å²) in [7, 11) is 0. The molecule has 0 bridgehead atoms. The summed E-state index contributed by atoms with van der Waals surface area (Å²) in [6, 6.07) is 17.7. The number of carbonyl (C=O) groups is 1. The first-order valence-electron chi connectivity index (χ1n) is 5.88. The van der Waals surface area contributed by atoms with Gasteiger partial charge in [-0.1, -0.05) is 48.5 Å². The van der Waals surface area contributed by atoms with E-state index in [0.717, 1.165) is 27.3 Å². The fraction of sp³-hybridized carbons (Fsp3) is 0.0625. The number of fused-ring (bicyclic) bond motifs is 1. The van der Waals surface area contributed by atoms with E-state index in [2.05, 4.69) is 0 Å². The fourth-order valence-electron chi connectivity index (χ4n) is 2.10. The van der Waals surface area contributed by atoms with Crippen LogP contribution >= 0.6 is 11.8 Å². The van der Waals surface area contributed by atoms with Crippen molar-refractivity contribution in [3.05, 3.63) is 71.8 Å². The minimum absolute atomic E-state index is 0.127. The normalized spacial score (nSPS) is 14.7. The molecule has 0 radical (unpaired) electrons. The maximum Gasteiger partial charge on any atom is 0.194 e. The molecule has 0 aliphatic carbocycles. The molecule has 3 rings (SSSR count). The van der Waals surface area contributed by atoms with Crippen LogP contribution in [-0.4, -0.2) is 11.5 Å². The van der Waals surface area contributed by atoms with Crippen molar-refractivity contribution in [2.24, 2.45) is 0 Å². The zero-order valence-corrected chi connectivity index (χ0v) is 10.6. The largest absolute Gasteiger partial charge is 0.289 e. The van der Waals surface area contributed by atoms with Gasteiger partial charge in [0.15, 0.2) is 5.78 Å². The maximum atomic E-state index is 12.6. The topological polar surface area (TPSA) is 17.1 Å². The molecular weight excluding hydrogens is 240 g/mol. The Morgan fingerprint density at radius 1 is 0.889 bits per heavy atom. The van der Waals surface area contributed by atoms with Crippen molar-refractivity contribution in [2.75, 3.05) is 5.75 Å². The minimum atomic E-state index is 0.127. The van der Waals surface area contributed by atoms with Crippen molar-refractivity contribution in [1.29, 1.82) is 0 Å². The van der Waals surface area contributed by atoms with Crippen molar-refractivity contribution in [1.82, 2.24) is 0 Å². The number of Topliss-reactive ketones (excluding diaryl/α,β-unsaturated/α-hetero) is 1. The van der Waals surface area contributed by atoms with Crippen LogP contribution < -0.4 is 0 Å². The van der Waals surface area contributed by atoms with Crippen molar-refractivity contribution >= 4 is 23.1 Å². The van der Waals surface area contributed by atoms with Crippen LogP contribution in [0.2, 0.25) is 0 Å². The molecule has 0 spiro atoms. The molecule has 88 valence electrons. The van der Waals surface area contributed by atoms with Gasteiger partial charge in [-0.2, -0.15) is 0 Å². The molecule has 0 fully saturated rings. The van der Waals surface area contributed by atoms with E-state index in [0.29, 0.717) is 0 Å². The molecule has 2 aromatic rings. The van der Waals surface area contributed by atoms with Gasteiger partial charge in [-0.3, -0.25) is 4.79 Å². The summed E-state index contributed by atoms with van der Waals surface area (Å²) in [6.07, 6.45) is 2.03. The van der Waals surface area contributed by atoms with E-state index in [1.54, 1.807) is 11.8 Å². The predicted molar refractivity (Wildman–Crippen MR) is 75.9 cm³/mol. The Hall–Kier alpha value is -1.80. The molecule has 0 N–H and O–H groups in total. The third kappa shape index (κ3) is 2.00. The number of hydrogen-bond acceptors (Lipinski definition) is 2. The van der Waals surface area contributed by atoms with Crippen LogP contribution in [0.25, 0.3) is 5.57 Å². The van der Waals surface area contributed by atoms with Gasteiger partial charge in [-0.05, 0) is 17.7 Å². The van der Waals surface area contributed by atoms with Gasteiger partial charge in [0.25, 0.3) is 0 Å². The SMILES string of the molecule is O=C1C(c2ccccc2)=CCSc2ccccc21. The lowest BCUT2D eigenvalue weighted by Crippen LogP contribution is -2.02. The first kappa shape index (κ1) is 11.3. The quantitative estimate of drug-likeness (QED) is 0.761. The van der Waals surface area contributed by atoms with Crippen LogP contribution in [0.3, 0.4) is 0 Å². The van der Waals surface area contributed by atoms with Gasteiger partial charge in [0.2, 0.25) is 0 Å². The number of benzene rings is 2. The van der Waals surface area contributed by atoms with E-state index in [9.17, 15) is 4.79 Å². The highest BCUT2D eigenvalue weighted by atomic mass is 32.2. The van der Waals surface area contributed by atoms with Crippen molar-refractivity contribution in [3.63, 3.8) is 0 Å². The van der Waals surface area contributed by atoms with E-state index in [1.165, 1.54) is 0 Å². The molecule has 0 atom stereocenters. The van der Waals surface area contributed by atoms with E-state index in [4.69, 9.17) is 0 Å². The monoisotopic (exact) mass is 252 g/mol. The molecular formula is C16H12OS. The second kappa shape index (κ2) is 4.83. The minimum Gasteiger partial charge on any atom is -0.289 e. The maximum absolute atomic E-state index is 12.6. The summed E-state index contributed by atoms with van der Waals surface area (Å²) in [5, 5.41) is 0. The lowest BCUT2D eigenvalue weighted by molar-refractivity contribution is 0.105. The highest BCUT2D eigenvalue weighted by Gasteiger charge is 2.19. The average molecular weight is 252 g/mol. The standard InChI is InChI=1S/C16H12OS/c17-16-13(12-6-2-1-3-7-12)10-11-18-15-9-5-4-8-14(15)16/h1-10H,11H2. The van der Waals surface area contributed by atoms with Crippen molar-refractivity contribution in [2.45, 2.75) is 4.90 Å². The fourth-order valence-corrected chi connectivity index (χ4v) is 3.02. The number of carbonyl (C=O) groups excluding carboxylic acids is 1. The molecule has 0 saturated carbocycles. The zero-order chi connectivity index (χ0) is 12.4. The molecule has 0 unspecified atom stereocenters. The van der Waals surface area contributed by atoms with Crippen LogP contribution in [0, 0.1) is 0 Å². The van der Waals surface area contributed by atoms with E-state index in [1.807, 2.05) is 60.7 Å². The van der Waals surface area contributed by atoms with Gasteiger partial charge < -0.3 is 0 Å². The Kier molecular flexibility index (Phi) is 3.03. The second-order valence-electron chi connectivity index (χ2n) is 4.12.